The summed E-state index contributed by atoms with van der Waals surface area (Å²) in [4.78, 5) is 15.1. The van der Waals surface area contributed by atoms with Gasteiger partial charge in [0.05, 0.1) is 18.2 Å². The van der Waals surface area contributed by atoms with Gasteiger partial charge >= 0.3 is 0 Å². The van der Waals surface area contributed by atoms with Gasteiger partial charge in [-0.3, -0.25) is 9.48 Å². The summed E-state index contributed by atoms with van der Waals surface area (Å²) in [6.07, 6.45) is 3.89. The molecule has 1 aromatic heterocycles. The van der Waals surface area contributed by atoms with Gasteiger partial charge in [0.1, 0.15) is 0 Å². The number of carbonyl (C=O) groups excluding carboxylic acids is 1. The molecule has 1 atom stereocenters. The molecule has 5 heteroatoms. The fourth-order valence-electron chi connectivity index (χ4n) is 3.48. The molecule has 0 spiro atoms. The molecule has 1 amide bonds. The molecule has 24 heavy (non-hydrogen) atoms. The van der Waals surface area contributed by atoms with E-state index in [0.717, 1.165) is 31.0 Å². The summed E-state index contributed by atoms with van der Waals surface area (Å²) in [7, 11) is 0. The summed E-state index contributed by atoms with van der Waals surface area (Å²) in [6, 6.07) is 0. The number of carbonyl (C=O) groups is 1. The van der Waals surface area contributed by atoms with Crippen molar-refractivity contribution in [2.24, 2.45) is 5.92 Å². The number of hydrogen-bond acceptors (Lipinski definition) is 3. The highest BCUT2D eigenvalue weighted by Gasteiger charge is 2.27. The van der Waals surface area contributed by atoms with Crippen LogP contribution in [0.4, 0.5) is 0 Å². The first-order chi connectivity index (χ1) is 11.2. The van der Waals surface area contributed by atoms with Crippen LogP contribution in [0.25, 0.3) is 0 Å². The minimum atomic E-state index is -0.201. The van der Waals surface area contributed by atoms with Gasteiger partial charge in [-0.15, -0.1) is 0 Å². The Morgan fingerprint density at radius 2 is 1.83 bits per heavy atom. The summed E-state index contributed by atoms with van der Waals surface area (Å²) in [6.45, 7) is 16.3. The SMILES string of the molecule is Cc1nn(CC(C)C(=O)NC(C)(C)CN2CCCCC2)c(C)c1C. The molecule has 1 N–H and O–H groups in total. The van der Waals surface area contributed by atoms with Crippen molar-refractivity contribution in [1.29, 1.82) is 0 Å². The maximum atomic E-state index is 12.6. The summed E-state index contributed by atoms with van der Waals surface area (Å²) < 4.78 is 1.96. The Balaban J connectivity index is 1.90. The van der Waals surface area contributed by atoms with Crippen LogP contribution in [0.2, 0.25) is 0 Å². The van der Waals surface area contributed by atoms with Crippen molar-refractivity contribution in [2.45, 2.75) is 72.9 Å². The Morgan fingerprint density at radius 1 is 1.21 bits per heavy atom. The first-order valence-electron chi connectivity index (χ1n) is 9.24. The lowest BCUT2D eigenvalue weighted by Gasteiger charge is -2.36. The molecule has 0 aliphatic carbocycles. The van der Waals surface area contributed by atoms with Gasteiger partial charge in [0, 0.05) is 17.8 Å². The second kappa shape index (κ2) is 7.68. The van der Waals surface area contributed by atoms with Crippen molar-refractivity contribution in [3.63, 3.8) is 0 Å². The Kier molecular flexibility index (Phi) is 6.07. The highest BCUT2D eigenvalue weighted by Crippen LogP contribution is 2.16. The average Bonchev–Trinajstić information content (AvgIpc) is 2.74. The molecule has 1 aromatic rings. The number of hydrogen-bond donors (Lipinski definition) is 1. The fraction of sp³-hybridized carbons (Fsp3) is 0.789. The molecule has 136 valence electrons. The summed E-state index contributed by atoms with van der Waals surface area (Å²) in [5.41, 5.74) is 3.21. The highest BCUT2D eigenvalue weighted by molar-refractivity contribution is 5.79. The zero-order chi connectivity index (χ0) is 17.9. The number of aromatic nitrogens is 2. The van der Waals surface area contributed by atoms with E-state index in [2.05, 4.69) is 43.0 Å². The van der Waals surface area contributed by atoms with Crippen LogP contribution in [0.5, 0.6) is 0 Å². The number of nitrogens with one attached hydrogen (secondary N) is 1. The van der Waals surface area contributed by atoms with Crippen LogP contribution in [0.3, 0.4) is 0 Å². The van der Waals surface area contributed by atoms with Gasteiger partial charge in [-0.1, -0.05) is 13.3 Å². The second-order valence-electron chi connectivity index (χ2n) is 8.09. The minimum absolute atomic E-state index is 0.0944. The quantitative estimate of drug-likeness (QED) is 0.870. The van der Waals surface area contributed by atoms with Gasteiger partial charge < -0.3 is 10.2 Å². The fourth-order valence-corrected chi connectivity index (χ4v) is 3.48. The normalized spacial score (nSPS) is 17.8. The van der Waals surface area contributed by atoms with Gasteiger partial charge in [0.2, 0.25) is 5.91 Å². The minimum Gasteiger partial charge on any atom is -0.350 e. The van der Waals surface area contributed by atoms with Crippen molar-refractivity contribution in [3.05, 3.63) is 17.0 Å². The van der Waals surface area contributed by atoms with Crippen molar-refractivity contribution in [3.8, 4) is 0 Å². The molecule has 1 aliphatic rings. The van der Waals surface area contributed by atoms with Crippen LogP contribution < -0.4 is 5.32 Å². The number of amides is 1. The first-order valence-corrected chi connectivity index (χ1v) is 9.24. The third-order valence-electron chi connectivity index (χ3n) is 5.17. The van der Waals surface area contributed by atoms with E-state index in [1.807, 2.05) is 18.5 Å². The molecule has 0 saturated carbocycles. The van der Waals surface area contributed by atoms with E-state index < -0.39 is 0 Å². The largest absolute Gasteiger partial charge is 0.350 e. The summed E-state index contributed by atoms with van der Waals surface area (Å²) >= 11 is 0. The zero-order valence-electron chi connectivity index (χ0n) is 16.3. The zero-order valence-corrected chi connectivity index (χ0v) is 16.3. The average molecular weight is 335 g/mol. The lowest BCUT2D eigenvalue weighted by molar-refractivity contribution is -0.126. The number of piperidine rings is 1. The molecule has 2 rings (SSSR count). The van der Waals surface area contributed by atoms with E-state index in [9.17, 15) is 4.79 Å². The van der Waals surface area contributed by atoms with Crippen LogP contribution in [-0.2, 0) is 11.3 Å². The van der Waals surface area contributed by atoms with Crippen molar-refractivity contribution in [1.82, 2.24) is 20.0 Å². The molecule has 0 bridgehead atoms. The van der Waals surface area contributed by atoms with E-state index in [0.29, 0.717) is 6.54 Å². The van der Waals surface area contributed by atoms with E-state index >= 15 is 0 Å². The molecule has 5 nitrogen and oxygen atoms in total. The monoisotopic (exact) mass is 334 g/mol. The predicted molar refractivity (Wildman–Crippen MR) is 98.1 cm³/mol. The molecule has 0 radical (unpaired) electrons. The maximum absolute atomic E-state index is 12.6. The lowest BCUT2D eigenvalue weighted by atomic mass is 10.0. The number of likely N-dealkylation sites (tertiary alicyclic amines) is 1. The Labute approximate surface area is 146 Å². The number of rotatable bonds is 6. The van der Waals surface area contributed by atoms with E-state index in [1.54, 1.807) is 0 Å². The molecular weight excluding hydrogens is 300 g/mol. The summed E-state index contributed by atoms with van der Waals surface area (Å²) in [5, 5.41) is 7.79. The third kappa shape index (κ3) is 4.82. The van der Waals surface area contributed by atoms with Crippen molar-refractivity contribution < 1.29 is 4.79 Å². The van der Waals surface area contributed by atoms with Crippen LogP contribution in [0, 0.1) is 26.7 Å². The standard InChI is InChI=1S/C19H34N4O/c1-14(12-23-17(4)15(2)16(3)21-23)18(24)20-19(5,6)13-22-10-8-7-9-11-22/h14H,7-13H2,1-6H3,(H,20,24). The van der Waals surface area contributed by atoms with Crippen molar-refractivity contribution in [2.75, 3.05) is 19.6 Å². The molecule has 1 aliphatic heterocycles. The lowest BCUT2D eigenvalue weighted by Crippen LogP contribution is -2.53. The van der Waals surface area contributed by atoms with E-state index in [1.165, 1.54) is 24.8 Å². The topological polar surface area (TPSA) is 50.2 Å². The molecule has 0 aromatic carbocycles. The van der Waals surface area contributed by atoms with Gasteiger partial charge in [0.15, 0.2) is 0 Å². The molecular formula is C19H34N4O. The number of nitrogens with zero attached hydrogens (tertiary/aromatic N) is 3. The highest BCUT2D eigenvalue weighted by atomic mass is 16.2. The van der Waals surface area contributed by atoms with Crippen LogP contribution in [0.15, 0.2) is 0 Å². The second-order valence-corrected chi connectivity index (χ2v) is 8.09. The molecule has 1 unspecified atom stereocenters. The van der Waals surface area contributed by atoms with Crippen molar-refractivity contribution >= 4 is 5.91 Å². The summed E-state index contributed by atoms with van der Waals surface area (Å²) in [5.74, 6) is 0.0187. The number of aryl methyl sites for hydroxylation is 1. The first kappa shape index (κ1) is 19.0. The Morgan fingerprint density at radius 3 is 2.38 bits per heavy atom. The van der Waals surface area contributed by atoms with Gasteiger partial charge in [-0.25, -0.2) is 0 Å². The van der Waals surface area contributed by atoms with E-state index in [-0.39, 0.29) is 17.4 Å². The van der Waals surface area contributed by atoms with Crippen LogP contribution >= 0.6 is 0 Å². The Bertz CT molecular complexity index is 570. The molecule has 1 fully saturated rings. The molecule has 1 saturated heterocycles. The van der Waals surface area contributed by atoms with Gasteiger partial charge in [-0.05, 0) is 66.1 Å². The smallest absolute Gasteiger partial charge is 0.225 e. The van der Waals surface area contributed by atoms with Gasteiger partial charge in [0.25, 0.3) is 0 Å². The van der Waals surface area contributed by atoms with Crippen LogP contribution in [-0.4, -0.2) is 45.8 Å². The maximum Gasteiger partial charge on any atom is 0.225 e. The van der Waals surface area contributed by atoms with Crippen LogP contribution in [0.1, 0.15) is 57.0 Å². The van der Waals surface area contributed by atoms with E-state index in [4.69, 9.17) is 0 Å². The predicted octanol–water partition coefficient (Wildman–Crippen LogP) is 2.83. The molecule has 2 heterocycles. The third-order valence-corrected chi connectivity index (χ3v) is 5.17. The van der Waals surface area contributed by atoms with Gasteiger partial charge in [-0.2, -0.15) is 5.10 Å². The Hall–Kier alpha value is -1.36.